The molecule has 2 atom stereocenters. The van der Waals surface area contributed by atoms with E-state index < -0.39 is 23.6 Å². The number of hydrogen-bond donors (Lipinski definition) is 3. The smallest absolute Gasteiger partial charge is 0.416 e. The Hall–Kier alpha value is -2.35. The van der Waals surface area contributed by atoms with E-state index in [2.05, 4.69) is 15.5 Å². The second-order valence-electron chi connectivity index (χ2n) is 6.98. The number of halogens is 3. The molecule has 1 heterocycles. The van der Waals surface area contributed by atoms with Gasteiger partial charge >= 0.3 is 6.18 Å². The molecule has 1 fully saturated rings. The molecule has 0 spiro atoms. The molecule has 0 amide bonds. The van der Waals surface area contributed by atoms with Gasteiger partial charge in [0, 0.05) is 5.56 Å². The van der Waals surface area contributed by atoms with Crippen LogP contribution in [0.1, 0.15) is 42.4 Å². The van der Waals surface area contributed by atoms with Crippen LogP contribution in [-0.2, 0) is 6.18 Å². The van der Waals surface area contributed by atoms with Crippen LogP contribution in [-0.4, -0.2) is 32.6 Å². The molecule has 27 heavy (non-hydrogen) atoms. The van der Waals surface area contributed by atoms with Gasteiger partial charge in [-0.05, 0) is 56.0 Å². The first kappa shape index (κ1) is 19.4. The molecule has 8 heteroatoms. The number of rotatable bonds is 3. The normalized spacial score (nSPS) is 20.5. The Morgan fingerprint density at radius 1 is 1.07 bits per heavy atom. The van der Waals surface area contributed by atoms with Crippen LogP contribution in [0.2, 0.25) is 0 Å². The Kier molecular flexibility index (Phi) is 5.28. The fourth-order valence-electron chi connectivity index (χ4n) is 3.36. The molecule has 1 aliphatic carbocycles. The number of benzene rings is 1. The Morgan fingerprint density at radius 3 is 2.41 bits per heavy atom. The number of aromatic nitrogens is 2. The standard InChI is InChI=1S/C19H22F3N3O2/c1-10-11(2)18(23-14-5-3-4-6-15(14)26)25-24-17(10)13-8-7-12(9-16(13)27)19(20,21)22/h7-9,14-15,26-27H,3-6H2,1-2H3,(H,23,25)/t14-,15-/m0/s1. The fourth-order valence-corrected chi connectivity index (χ4v) is 3.36. The molecule has 1 saturated carbocycles. The Bertz CT molecular complexity index is 840. The summed E-state index contributed by atoms with van der Waals surface area (Å²) in [6, 6.07) is 2.70. The Labute approximate surface area is 155 Å². The lowest BCUT2D eigenvalue weighted by atomic mass is 9.92. The minimum atomic E-state index is -4.53. The van der Waals surface area contributed by atoms with Crippen LogP contribution in [0.3, 0.4) is 0 Å². The third-order valence-electron chi connectivity index (χ3n) is 5.15. The lowest BCUT2D eigenvalue weighted by Crippen LogP contribution is -2.36. The fraction of sp³-hybridized carbons (Fsp3) is 0.474. The van der Waals surface area contributed by atoms with Crippen molar-refractivity contribution in [2.45, 2.75) is 57.9 Å². The Balaban J connectivity index is 1.91. The van der Waals surface area contributed by atoms with E-state index >= 15 is 0 Å². The van der Waals surface area contributed by atoms with Crippen molar-refractivity contribution in [3.63, 3.8) is 0 Å². The average Bonchev–Trinajstić information content (AvgIpc) is 2.60. The quantitative estimate of drug-likeness (QED) is 0.743. The number of aliphatic hydroxyl groups excluding tert-OH is 1. The third-order valence-corrected chi connectivity index (χ3v) is 5.15. The van der Waals surface area contributed by atoms with E-state index in [-0.39, 0.29) is 11.6 Å². The number of nitrogens with zero attached hydrogens (tertiary/aromatic N) is 2. The highest BCUT2D eigenvalue weighted by atomic mass is 19.4. The highest BCUT2D eigenvalue weighted by Crippen LogP contribution is 2.37. The summed E-state index contributed by atoms with van der Waals surface area (Å²) in [6.07, 6.45) is -1.38. The van der Waals surface area contributed by atoms with Crippen LogP contribution >= 0.6 is 0 Å². The van der Waals surface area contributed by atoms with Crippen molar-refractivity contribution < 1.29 is 23.4 Å². The van der Waals surface area contributed by atoms with Crippen LogP contribution in [0.5, 0.6) is 5.75 Å². The van der Waals surface area contributed by atoms with Crippen molar-refractivity contribution in [3.8, 4) is 17.0 Å². The lowest BCUT2D eigenvalue weighted by molar-refractivity contribution is -0.137. The first-order valence-electron chi connectivity index (χ1n) is 8.87. The number of phenols is 1. The summed E-state index contributed by atoms with van der Waals surface area (Å²) in [5.74, 6) is 0.0404. The van der Waals surface area contributed by atoms with Gasteiger partial charge in [0.1, 0.15) is 5.75 Å². The maximum absolute atomic E-state index is 12.8. The SMILES string of the molecule is Cc1c(N[C@H]2CCCC[C@@H]2O)nnc(-c2ccc(C(F)(F)F)cc2O)c1C. The van der Waals surface area contributed by atoms with Crippen LogP contribution in [0.25, 0.3) is 11.3 Å². The first-order valence-corrected chi connectivity index (χ1v) is 8.87. The second kappa shape index (κ2) is 7.34. The van der Waals surface area contributed by atoms with Crippen molar-refractivity contribution in [2.24, 2.45) is 0 Å². The summed E-state index contributed by atoms with van der Waals surface area (Å²) < 4.78 is 38.4. The largest absolute Gasteiger partial charge is 0.507 e. The molecule has 1 aliphatic rings. The van der Waals surface area contributed by atoms with Crippen molar-refractivity contribution >= 4 is 5.82 Å². The number of phenolic OH excluding ortho intramolecular Hbond substituents is 1. The molecule has 146 valence electrons. The maximum atomic E-state index is 12.8. The highest BCUT2D eigenvalue weighted by molar-refractivity contribution is 5.72. The van der Waals surface area contributed by atoms with Crippen LogP contribution in [0, 0.1) is 13.8 Å². The summed E-state index contributed by atoms with van der Waals surface area (Å²) >= 11 is 0. The molecular formula is C19H22F3N3O2. The van der Waals surface area contributed by atoms with E-state index in [9.17, 15) is 23.4 Å². The molecule has 2 aromatic rings. The van der Waals surface area contributed by atoms with Gasteiger partial charge in [-0.25, -0.2) is 0 Å². The molecule has 0 radical (unpaired) electrons. The van der Waals surface area contributed by atoms with E-state index in [0.29, 0.717) is 23.1 Å². The summed E-state index contributed by atoms with van der Waals surface area (Å²) in [7, 11) is 0. The van der Waals surface area contributed by atoms with E-state index in [4.69, 9.17) is 0 Å². The molecule has 0 saturated heterocycles. The van der Waals surface area contributed by atoms with Crippen molar-refractivity contribution in [2.75, 3.05) is 5.32 Å². The van der Waals surface area contributed by atoms with Gasteiger partial charge < -0.3 is 15.5 Å². The number of alkyl halides is 3. The van der Waals surface area contributed by atoms with Gasteiger partial charge in [0.15, 0.2) is 5.82 Å². The van der Waals surface area contributed by atoms with E-state index in [1.807, 2.05) is 6.92 Å². The van der Waals surface area contributed by atoms with Gasteiger partial charge in [0.2, 0.25) is 0 Å². The number of aliphatic hydroxyl groups is 1. The molecule has 1 aromatic heterocycles. The summed E-state index contributed by atoms with van der Waals surface area (Å²) in [5, 5.41) is 31.7. The minimum absolute atomic E-state index is 0.100. The van der Waals surface area contributed by atoms with Gasteiger partial charge in [-0.2, -0.15) is 13.2 Å². The predicted octanol–water partition coefficient (Wildman–Crippen LogP) is 4.20. The van der Waals surface area contributed by atoms with Crippen LogP contribution in [0.15, 0.2) is 18.2 Å². The summed E-state index contributed by atoms with van der Waals surface area (Å²) in [4.78, 5) is 0. The summed E-state index contributed by atoms with van der Waals surface area (Å²) in [6.45, 7) is 3.60. The second-order valence-corrected chi connectivity index (χ2v) is 6.98. The van der Waals surface area contributed by atoms with Gasteiger partial charge in [0.05, 0.1) is 23.4 Å². The summed E-state index contributed by atoms with van der Waals surface area (Å²) in [5.41, 5.74) is 1.08. The van der Waals surface area contributed by atoms with E-state index in [0.717, 1.165) is 37.3 Å². The first-order chi connectivity index (χ1) is 12.7. The van der Waals surface area contributed by atoms with E-state index in [1.54, 1.807) is 6.92 Å². The minimum Gasteiger partial charge on any atom is -0.507 e. The van der Waals surface area contributed by atoms with Crippen LogP contribution < -0.4 is 5.32 Å². The molecule has 3 N–H and O–H groups in total. The molecule has 0 aliphatic heterocycles. The number of nitrogens with one attached hydrogen (secondary N) is 1. The van der Waals surface area contributed by atoms with E-state index in [1.165, 1.54) is 6.07 Å². The molecule has 3 rings (SSSR count). The van der Waals surface area contributed by atoms with Crippen LogP contribution in [0.4, 0.5) is 19.0 Å². The molecule has 0 bridgehead atoms. The van der Waals surface area contributed by atoms with Gasteiger partial charge in [-0.3, -0.25) is 0 Å². The number of anilines is 1. The van der Waals surface area contributed by atoms with Crippen molar-refractivity contribution in [1.29, 1.82) is 0 Å². The maximum Gasteiger partial charge on any atom is 0.416 e. The highest BCUT2D eigenvalue weighted by Gasteiger charge is 2.31. The molecule has 1 aromatic carbocycles. The Morgan fingerprint density at radius 2 is 1.78 bits per heavy atom. The number of hydrogen-bond acceptors (Lipinski definition) is 5. The molecule has 0 unspecified atom stereocenters. The average molecular weight is 381 g/mol. The van der Waals surface area contributed by atoms with Gasteiger partial charge in [-0.1, -0.05) is 12.8 Å². The topological polar surface area (TPSA) is 78.3 Å². The van der Waals surface area contributed by atoms with Crippen molar-refractivity contribution in [3.05, 3.63) is 34.9 Å². The lowest BCUT2D eigenvalue weighted by Gasteiger charge is -2.29. The van der Waals surface area contributed by atoms with Crippen molar-refractivity contribution in [1.82, 2.24) is 10.2 Å². The monoisotopic (exact) mass is 381 g/mol. The zero-order valence-electron chi connectivity index (χ0n) is 15.1. The zero-order valence-corrected chi connectivity index (χ0v) is 15.1. The molecular weight excluding hydrogens is 359 g/mol. The van der Waals surface area contributed by atoms with Gasteiger partial charge in [-0.15, -0.1) is 10.2 Å². The third kappa shape index (κ3) is 4.00. The number of aromatic hydroxyl groups is 1. The predicted molar refractivity (Wildman–Crippen MR) is 95.5 cm³/mol. The van der Waals surface area contributed by atoms with Gasteiger partial charge in [0.25, 0.3) is 0 Å². The zero-order chi connectivity index (χ0) is 19.8. The molecule has 5 nitrogen and oxygen atoms in total.